The quantitative estimate of drug-likeness (QED) is 0.555. The van der Waals surface area contributed by atoms with E-state index in [1.165, 1.54) is 55.2 Å². The van der Waals surface area contributed by atoms with Crippen molar-refractivity contribution in [3.8, 4) is 5.75 Å². The van der Waals surface area contributed by atoms with E-state index in [2.05, 4.69) is 74.6 Å². The van der Waals surface area contributed by atoms with E-state index in [0.717, 1.165) is 18.2 Å². The highest BCUT2D eigenvalue weighted by atomic mass is 16.5. The van der Waals surface area contributed by atoms with Gasteiger partial charge >= 0.3 is 0 Å². The molecule has 2 aromatic rings. The molecule has 172 valence electrons. The second-order valence-electron chi connectivity index (χ2n) is 12.0. The minimum absolute atomic E-state index is 0.309. The smallest absolute Gasteiger partial charge is 0.119 e. The van der Waals surface area contributed by atoms with Crippen molar-refractivity contribution in [3.05, 3.63) is 65.2 Å². The molecule has 32 heavy (non-hydrogen) atoms. The number of aliphatic hydroxyl groups excluding tert-OH is 1. The molecule has 3 heteroatoms. The van der Waals surface area contributed by atoms with Crippen LogP contribution in [-0.2, 0) is 12.0 Å². The third kappa shape index (κ3) is 4.34. The summed E-state index contributed by atoms with van der Waals surface area (Å²) in [4.78, 5) is 0. The van der Waals surface area contributed by atoms with Gasteiger partial charge in [0.05, 0.1) is 0 Å². The van der Waals surface area contributed by atoms with Gasteiger partial charge in [0, 0.05) is 13.1 Å². The average Bonchev–Trinajstić information content (AvgIpc) is 2.71. The number of rotatable bonds is 8. The largest absolute Gasteiger partial charge is 0.491 e. The maximum absolute atomic E-state index is 10.3. The van der Waals surface area contributed by atoms with Crippen molar-refractivity contribution in [1.82, 2.24) is 5.32 Å². The van der Waals surface area contributed by atoms with Gasteiger partial charge in [-0.3, -0.25) is 0 Å². The first kappa shape index (κ1) is 22.0. The van der Waals surface area contributed by atoms with Crippen LogP contribution in [0.2, 0.25) is 0 Å². The molecule has 2 N–H and O–H groups in total. The molecule has 0 heterocycles. The molecule has 4 aliphatic rings. The number of nitrogens with one attached hydrogen (secondary N) is 1. The van der Waals surface area contributed by atoms with E-state index >= 15 is 0 Å². The van der Waals surface area contributed by atoms with Crippen molar-refractivity contribution >= 4 is 0 Å². The van der Waals surface area contributed by atoms with Crippen molar-refractivity contribution in [3.63, 3.8) is 0 Å². The highest BCUT2D eigenvalue weighted by Crippen LogP contribution is 2.69. The minimum Gasteiger partial charge on any atom is -0.491 e. The number of aryl methyl sites for hydroxylation is 1. The van der Waals surface area contributed by atoms with Crippen LogP contribution in [0.15, 0.2) is 48.5 Å². The summed E-state index contributed by atoms with van der Waals surface area (Å²) in [7, 11) is 0. The molecule has 0 saturated heterocycles. The third-order valence-corrected chi connectivity index (χ3v) is 8.49. The first-order chi connectivity index (χ1) is 15.3. The summed E-state index contributed by atoms with van der Waals surface area (Å²) in [5, 5.41) is 13.7. The predicted octanol–water partition coefficient (Wildman–Crippen LogP) is 5.77. The Kier molecular flexibility index (Phi) is 5.62. The zero-order valence-corrected chi connectivity index (χ0v) is 20.0. The Morgan fingerprint density at radius 3 is 2.31 bits per heavy atom. The minimum atomic E-state index is -0.526. The lowest BCUT2D eigenvalue weighted by atomic mass is 9.39. The Morgan fingerprint density at radius 2 is 1.66 bits per heavy atom. The molecular weight excluding hydrogens is 394 g/mol. The van der Waals surface area contributed by atoms with Crippen LogP contribution in [-0.4, -0.2) is 24.4 Å². The van der Waals surface area contributed by atoms with Crippen molar-refractivity contribution in [2.45, 2.75) is 77.4 Å². The van der Waals surface area contributed by atoms with E-state index in [0.29, 0.717) is 29.4 Å². The molecule has 4 bridgehead atoms. The molecule has 0 amide bonds. The third-order valence-electron chi connectivity index (χ3n) is 8.49. The summed E-state index contributed by atoms with van der Waals surface area (Å²) >= 11 is 0. The van der Waals surface area contributed by atoms with Gasteiger partial charge in [0.25, 0.3) is 0 Å². The van der Waals surface area contributed by atoms with Crippen LogP contribution in [0.5, 0.6) is 5.75 Å². The van der Waals surface area contributed by atoms with E-state index in [4.69, 9.17) is 4.74 Å². The lowest BCUT2D eigenvalue weighted by Gasteiger charge is -2.65. The van der Waals surface area contributed by atoms with Gasteiger partial charge in [-0.25, -0.2) is 0 Å². The molecule has 3 unspecified atom stereocenters. The van der Waals surface area contributed by atoms with Crippen molar-refractivity contribution in [1.29, 1.82) is 0 Å². The number of aliphatic hydroxyl groups is 1. The van der Waals surface area contributed by atoms with E-state index in [1.54, 1.807) is 0 Å². The fraction of sp³-hybridized carbons (Fsp3) is 0.586. The summed E-state index contributed by atoms with van der Waals surface area (Å²) in [6.07, 6.45) is 7.80. The Morgan fingerprint density at radius 1 is 0.969 bits per heavy atom. The van der Waals surface area contributed by atoms with Crippen LogP contribution in [0.4, 0.5) is 0 Å². The summed E-state index contributed by atoms with van der Waals surface area (Å²) in [5.41, 5.74) is 5.46. The van der Waals surface area contributed by atoms with Crippen molar-refractivity contribution < 1.29 is 9.84 Å². The standard InChI is InChI=1S/C29H39NO2/c1-21-6-4-5-7-23(21)15-30-16-25(31)17-32-26-10-8-24(9-11-26)29-14-22-12-27(2,19-29)18-28(3,13-22)20-29/h4-11,22,25,30-31H,12-20H2,1-3H3/t22?,25?,27-,28+,29?. The highest BCUT2D eigenvalue weighted by Gasteiger charge is 2.60. The number of hydrogen-bond acceptors (Lipinski definition) is 3. The number of benzene rings is 2. The SMILES string of the molecule is Cc1ccccc1CNCC(O)COc1ccc(C23CC4C[C@@](C)(C2)C[C@](C)(C4)C3)cc1. The van der Waals surface area contributed by atoms with E-state index in [9.17, 15) is 5.11 Å². The van der Waals surface area contributed by atoms with E-state index in [-0.39, 0.29) is 0 Å². The molecular formula is C29H39NO2. The maximum Gasteiger partial charge on any atom is 0.119 e. The molecule has 6 rings (SSSR count). The van der Waals surface area contributed by atoms with E-state index < -0.39 is 6.10 Å². The molecule has 4 fully saturated rings. The molecule has 3 nitrogen and oxygen atoms in total. The zero-order chi connectivity index (χ0) is 22.4. The van der Waals surface area contributed by atoms with Crippen LogP contribution in [0.25, 0.3) is 0 Å². The predicted molar refractivity (Wildman–Crippen MR) is 130 cm³/mol. The second-order valence-corrected chi connectivity index (χ2v) is 12.0. The Balaban J connectivity index is 1.15. The number of hydrogen-bond donors (Lipinski definition) is 2. The summed E-state index contributed by atoms with van der Waals surface area (Å²) in [6, 6.07) is 17.2. The Bertz CT molecular complexity index is 934. The Labute approximate surface area is 193 Å². The van der Waals surface area contributed by atoms with Crippen LogP contribution in [0.1, 0.15) is 69.1 Å². The van der Waals surface area contributed by atoms with Gasteiger partial charge in [0.2, 0.25) is 0 Å². The van der Waals surface area contributed by atoms with Crippen LogP contribution >= 0.6 is 0 Å². The highest BCUT2D eigenvalue weighted by molar-refractivity contribution is 5.36. The number of ether oxygens (including phenoxy) is 1. The molecule has 4 aliphatic carbocycles. The maximum atomic E-state index is 10.3. The molecule has 4 saturated carbocycles. The van der Waals surface area contributed by atoms with Gasteiger partial charge in [-0.2, -0.15) is 0 Å². The molecule has 0 radical (unpaired) electrons. The zero-order valence-electron chi connectivity index (χ0n) is 20.0. The lowest BCUT2D eigenvalue weighted by Crippen LogP contribution is -2.56. The second kappa shape index (κ2) is 8.18. The Hall–Kier alpha value is -1.84. The van der Waals surface area contributed by atoms with Gasteiger partial charge < -0.3 is 15.2 Å². The fourth-order valence-electron chi connectivity index (χ4n) is 8.11. The average molecular weight is 434 g/mol. The van der Waals surface area contributed by atoms with Crippen LogP contribution in [0.3, 0.4) is 0 Å². The lowest BCUT2D eigenvalue weighted by molar-refractivity contribution is -0.110. The van der Waals surface area contributed by atoms with Crippen LogP contribution < -0.4 is 10.1 Å². The molecule has 0 aromatic heterocycles. The van der Waals surface area contributed by atoms with Gasteiger partial charge in [-0.05, 0) is 96.4 Å². The molecule has 5 atom stereocenters. The van der Waals surface area contributed by atoms with Gasteiger partial charge in [-0.15, -0.1) is 0 Å². The topological polar surface area (TPSA) is 41.5 Å². The van der Waals surface area contributed by atoms with Gasteiger partial charge in [0.1, 0.15) is 18.5 Å². The molecule has 0 aliphatic heterocycles. The summed E-state index contributed by atoms with van der Waals surface area (Å²) < 4.78 is 5.92. The normalized spacial score (nSPS) is 33.9. The summed E-state index contributed by atoms with van der Waals surface area (Å²) in [6.45, 7) is 8.79. The molecule has 0 spiro atoms. The van der Waals surface area contributed by atoms with Crippen molar-refractivity contribution in [2.24, 2.45) is 16.7 Å². The summed E-state index contributed by atoms with van der Waals surface area (Å²) in [5.74, 6) is 1.76. The van der Waals surface area contributed by atoms with Gasteiger partial charge in [-0.1, -0.05) is 50.2 Å². The monoisotopic (exact) mass is 433 g/mol. The van der Waals surface area contributed by atoms with Crippen LogP contribution in [0, 0.1) is 23.7 Å². The fourth-order valence-corrected chi connectivity index (χ4v) is 8.11. The van der Waals surface area contributed by atoms with Crippen molar-refractivity contribution in [2.75, 3.05) is 13.2 Å². The molecule has 2 aromatic carbocycles. The van der Waals surface area contributed by atoms with E-state index in [1.807, 2.05) is 0 Å². The first-order valence-corrected chi connectivity index (χ1v) is 12.4. The first-order valence-electron chi connectivity index (χ1n) is 12.4. The van der Waals surface area contributed by atoms with Gasteiger partial charge in [0.15, 0.2) is 0 Å².